The number of aliphatic hydroxyl groups is 1. The Balaban J connectivity index is 2.05. The minimum Gasteiger partial charge on any atom is -0.396 e. The molecule has 112 valence electrons. The van der Waals surface area contributed by atoms with E-state index in [0.717, 1.165) is 5.56 Å². The first kappa shape index (κ1) is 15.6. The molecule has 0 fully saturated rings. The fourth-order valence-electron chi connectivity index (χ4n) is 1.83. The van der Waals surface area contributed by atoms with E-state index < -0.39 is 10.0 Å². The minimum absolute atomic E-state index is 0.0227. The van der Waals surface area contributed by atoms with E-state index in [2.05, 4.69) is 4.72 Å². The van der Waals surface area contributed by atoms with Crippen LogP contribution in [0.25, 0.3) is 0 Å². The molecule has 4 nitrogen and oxygen atoms in total. The molecule has 0 bridgehead atoms. The summed E-state index contributed by atoms with van der Waals surface area (Å²) >= 11 is 0. The van der Waals surface area contributed by atoms with Crippen molar-refractivity contribution < 1.29 is 17.9 Å². The summed E-state index contributed by atoms with van der Waals surface area (Å²) in [6.07, 6.45) is 0.489. The Kier molecular flexibility index (Phi) is 5.06. The van der Waals surface area contributed by atoms with Gasteiger partial charge in [0.2, 0.25) is 10.0 Å². The number of nitrogens with one attached hydrogen (secondary N) is 1. The van der Waals surface area contributed by atoms with Crippen LogP contribution in [0.15, 0.2) is 53.4 Å². The van der Waals surface area contributed by atoms with Crippen LogP contribution in [0.3, 0.4) is 0 Å². The van der Waals surface area contributed by atoms with Crippen LogP contribution in [0.1, 0.15) is 11.1 Å². The van der Waals surface area contributed by atoms with E-state index in [1.54, 1.807) is 12.1 Å². The van der Waals surface area contributed by atoms with E-state index in [0.29, 0.717) is 12.0 Å². The lowest BCUT2D eigenvalue weighted by molar-refractivity contribution is 0.299. The molecule has 2 rings (SSSR count). The quantitative estimate of drug-likeness (QED) is 0.855. The molecule has 0 saturated carbocycles. The Morgan fingerprint density at radius 2 is 1.52 bits per heavy atom. The van der Waals surface area contributed by atoms with Crippen LogP contribution in [0, 0.1) is 5.82 Å². The van der Waals surface area contributed by atoms with E-state index in [4.69, 9.17) is 5.11 Å². The first-order chi connectivity index (χ1) is 10.0. The lowest BCUT2D eigenvalue weighted by Crippen LogP contribution is -2.23. The van der Waals surface area contributed by atoms with Crippen molar-refractivity contribution in [1.82, 2.24) is 4.72 Å². The van der Waals surface area contributed by atoms with Crippen molar-refractivity contribution in [1.29, 1.82) is 0 Å². The summed E-state index contributed by atoms with van der Waals surface area (Å²) in [6, 6.07) is 12.0. The van der Waals surface area contributed by atoms with Crippen LogP contribution < -0.4 is 4.72 Å². The summed E-state index contributed by atoms with van der Waals surface area (Å²) in [5, 5.41) is 8.82. The third kappa shape index (κ3) is 4.35. The summed E-state index contributed by atoms with van der Waals surface area (Å²) in [5.41, 5.74) is 1.55. The number of benzene rings is 2. The van der Waals surface area contributed by atoms with Gasteiger partial charge in [-0.25, -0.2) is 17.5 Å². The van der Waals surface area contributed by atoms with Gasteiger partial charge < -0.3 is 5.11 Å². The zero-order valence-electron chi connectivity index (χ0n) is 11.3. The summed E-state index contributed by atoms with van der Waals surface area (Å²) in [5.74, 6) is -0.360. The molecule has 0 aliphatic carbocycles. The van der Waals surface area contributed by atoms with E-state index in [-0.39, 0.29) is 23.9 Å². The Morgan fingerprint density at radius 3 is 2.10 bits per heavy atom. The molecule has 2 N–H and O–H groups in total. The minimum atomic E-state index is -3.61. The average molecular weight is 309 g/mol. The standard InChI is InChI=1S/C15H16FNO3S/c16-14-5-1-13(2-6-14)11-17-21(19,20)15-7-3-12(4-8-15)9-10-18/h1-8,17-18H,9-11H2. The highest BCUT2D eigenvalue weighted by Gasteiger charge is 2.13. The van der Waals surface area contributed by atoms with Gasteiger partial charge in [-0.05, 0) is 41.8 Å². The monoisotopic (exact) mass is 309 g/mol. The van der Waals surface area contributed by atoms with Crippen LogP contribution in [0.2, 0.25) is 0 Å². The third-order valence-corrected chi connectivity index (χ3v) is 4.43. The normalized spacial score (nSPS) is 11.5. The lowest BCUT2D eigenvalue weighted by atomic mass is 10.2. The molecule has 0 aliphatic heterocycles. The van der Waals surface area contributed by atoms with Crippen molar-refractivity contribution >= 4 is 10.0 Å². The molecule has 0 spiro atoms. The second kappa shape index (κ2) is 6.80. The number of halogens is 1. The molecule has 0 unspecified atom stereocenters. The molecule has 0 saturated heterocycles. The van der Waals surface area contributed by atoms with Gasteiger partial charge in [0, 0.05) is 13.2 Å². The van der Waals surface area contributed by atoms with Crippen molar-refractivity contribution in [3.8, 4) is 0 Å². The fourth-order valence-corrected chi connectivity index (χ4v) is 2.85. The number of sulfonamides is 1. The molecule has 0 amide bonds. The van der Waals surface area contributed by atoms with Gasteiger partial charge in [0.15, 0.2) is 0 Å². The largest absolute Gasteiger partial charge is 0.396 e. The van der Waals surface area contributed by atoms with E-state index in [9.17, 15) is 12.8 Å². The highest BCUT2D eigenvalue weighted by atomic mass is 32.2. The molecule has 2 aromatic rings. The molecule has 0 atom stereocenters. The molecule has 0 aromatic heterocycles. The number of rotatable bonds is 6. The van der Waals surface area contributed by atoms with Crippen LogP contribution >= 0.6 is 0 Å². The zero-order valence-corrected chi connectivity index (χ0v) is 12.1. The summed E-state index contributed by atoms with van der Waals surface area (Å²) < 4.78 is 39.4. The van der Waals surface area contributed by atoms with Crippen LogP contribution in [-0.4, -0.2) is 20.1 Å². The maximum Gasteiger partial charge on any atom is 0.240 e. The topological polar surface area (TPSA) is 66.4 Å². The third-order valence-electron chi connectivity index (χ3n) is 3.01. The van der Waals surface area contributed by atoms with Gasteiger partial charge in [0.05, 0.1) is 4.90 Å². The predicted molar refractivity (Wildman–Crippen MR) is 77.7 cm³/mol. The van der Waals surface area contributed by atoms with Crippen molar-refractivity contribution in [2.45, 2.75) is 17.9 Å². The molecule has 6 heteroatoms. The molecular weight excluding hydrogens is 293 g/mol. The first-order valence-corrected chi connectivity index (χ1v) is 7.93. The Morgan fingerprint density at radius 1 is 0.952 bits per heavy atom. The Labute approximate surface area is 123 Å². The Bertz CT molecular complexity index is 682. The van der Waals surface area contributed by atoms with Crippen molar-refractivity contribution in [3.05, 3.63) is 65.5 Å². The second-order valence-electron chi connectivity index (χ2n) is 4.57. The van der Waals surface area contributed by atoms with Gasteiger partial charge in [0.25, 0.3) is 0 Å². The molecule has 2 aromatic carbocycles. The van der Waals surface area contributed by atoms with E-state index in [1.165, 1.54) is 36.4 Å². The molecule has 0 heterocycles. The van der Waals surface area contributed by atoms with Crippen molar-refractivity contribution in [2.75, 3.05) is 6.61 Å². The average Bonchev–Trinajstić information content (AvgIpc) is 2.48. The van der Waals surface area contributed by atoms with E-state index >= 15 is 0 Å². The van der Waals surface area contributed by atoms with Gasteiger partial charge in [-0.2, -0.15) is 0 Å². The number of aliphatic hydroxyl groups excluding tert-OH is 1. The van der Waals surface area contributed by atoms with Gasteiger partial charge >= 0.3 is 0 Å². The van der Waals surface area contributed by atoms with Crippen LogP contribution in [0.4, 0.5) is 4.39 Å². The van der Waals surface area contributed by atoms with Crippen molar-refractivity contribution in [2.24, 2.45) is 0 Å². The lowest BCUT2D eigenvalue weighted by Gasteiger charge is -2.07. The second-order valence-corrected chi connectivity index (χ2v) is 6.34. The molecule has 0 radical (unpaired) electrons. The van der Waals surface area contributed by atoms with Gasteiger partial charge in [-0.15, -0.1) is 0 Å². The summed E-state index contributed by atoms with van der Waals surface area (Å²) in [7, 11) is -3.61. The summed E-state index contributed by atoms with van der Waals surface area (Å²) in [6.45, 7) is 0.121. The smallest absolute Gasteiger partial charge is 0.240 e. The van der Waals surface area contributed by atoms with E-state index in [1.807, 2.05) is 0 Å². The Hall–Kier alpha value is -1.76. The van der Waals surface area contributed by atoms with Crippen LogP contribution in [0.5, 0.6) is 0 Å². The zero-order chi connectivity index (χ0) is 15.3. The fraction of sp³-hybridized carbons (Fsp3) is 0.200. The SMILES string of the molecule is O=S(=O)(NCc1ccc(F)cc1)c1ccc(CCO)cc1. The maximum absolute atomic E-state index is 12.8. The summed E-state index contributed by atoms with van der Waals surface area (Å²) in [4.78, 5) is 0.159. The highest BCUT2D eigenvalue weighted by Crippen LogP contribution is 2.12. The van der Waals surface area contributed by atoms with Gasteiger partial charge in [-0.3, -0.25) is 0 Å². The molecule has 21 heavy (non-hydrogen) atoms. The number of hydrogen-bond acceptors (Lipinski definition) is 3. The molecular formula is C15H16FNO3S. The first-order valence-electron chi connectivity index (χ1n) is 6.45. The number of hydrogen-bond donors (Lipinski definition) is 2. The highest BCUT2D eigenvalue weighted by molar-refractivity contribution is 7.89. The maximum atomic E-state index is 12.8. The van der Waals surface area contributed by atoms with Gasteiger partial charge in [0.1, 0.15) is 5.82 Å². The van der Waals surface area contributed by atoms with Crippen molar-refractivity contribution in [3.63, 3.8) is 0 Å². The van der Waals surface area contributed by atoms with Crippen LogP contribution in [-0.2, 0) is 23.0 Å². The molecule has 0 aliphatic rings. The predicted octanol–water partition coefficient (Wildman–Crippen LogP) is 1.84. The van der Waals surface area contributed by atoms with Gasteiger partial charge in [-0.1, -0.05) is 24.3 Å².